The Hall–Kier alpha value is -1.33. The van der Waals surface area contributed by atoms with Crippen molar-refractivity contribution in [1.29, 1.82) is 0 Å². The van der Waals surface area contributed by atoms with Crippen LogP contribution in [0.2, 0.25) is 0 Å². The maximum atomic E-state index is 6.68. The number of hydrogen-bond acceptors (Lipinski definition) is 1. The van der Waals surface area contributed by atoms with Crippen LogP contribution < -0.4 is 0 Å². The van der Waals surface area contributed by atoms with Crippen LogP contribution in [0, 0.1) is 6.57 Å². The lowest BCUT2D eigenvalue weighted by molar-refractivity contribution is 0.362. The molecule has 1 aromatic rings. The summed E-state index contributed by atoms with van der Waals surface area (Å²) in [4.78, 5) is 5.30. The zero-order chi connectivity index (χ0) is 8.81. The fraction of sp³-hybridized carbons (Fsp3) is 0.300. The van der Waals surface area contributed by atoms with Gasteiger partial charge in [0.25, 0.3) is 6.67 Å². The zero-order valence-electron chi connectivity index (χ0n) is 7.20. The first-order chi connectivity index (χ1) is 5.83. The predicted molar refractivity (Wildman–Crippen MR) is 49.4 cm³/mol. The third-order valence-electron chi connectivity index (χ3n) is 1.61. The highest BCUT2D eigenvalue weighted by Gasteiger charge is 1.99. The standard InChI is InChI=1S/C10H12N2/c1-11-9-12(2)8-10-6-4-3-5-7-10/h3-7H,8-9H2,2H3. The van der Waals surface area contributed by atoms with Gasteiger partial charge in [0, 0.05) is 6.54 Å². The highest BCUT2D eigenvalue weighted by molar-refractivity contribution is 5.14. The lowest BCUT2D eigenvalue weighted by Gasteiger charge is -2.08. The average molecular weight is 160 g/mol. The molecule has 0 fully saturated rings. The number of benzene rings is 1. The Labute approximate surface area is 73.3 Å². The second-order valence-electron chi connectivity index (χ2n) is 2.80. The third-order valence-corrected chi connectivity index (χ3v) is 1.61. The third kappa shape index (κ3) is 2.73. The quantitative estimate of drug-likeness (QED) is 0.614. The summed E-state index contributed by atoms with van der Waals surface area (Å²) in [6.07, 6.45) is 0. The largest absolute Gasteiger partial charge is 0.299 e. The van der Waals surface area contributed by atoms with E-state index in [0.717, 1.165) is 6.54 Å². The van der Waals surface area contributed by atoms with E-state index in [0.29, 0.717) is 6.67 Å². The molecule has 0 aromatic heterocycles. The highest BCUT2D eigenvalue weighted by Crippen LogP contribution is 2.01. The van der Waals surface area contributed by atoms with Crippen LogP contribution in [0.25, 0.3) is 4.85 Å². The molecule has 0 saturated heterocycles. The van der Waals surface area contributed by atoms with E-state index in [2.05, 4.69) is 17.0 Å². The molecule has 0 radical (unpaired) electrons. The Morgan fingerprint density at radius 1 is 1.33 bits per heavy atom. The summed E-state index contributed by atoms with van der Waals surface area (Å²) in [7, 11) is 1.95. The molecule has 0 atom stereocenters. The van der Waals surface area contributed by atoms with Gasteiger partial charge in [-0.15, -0.1) is 0 Å². The van der Waals surface area contributed by atoms with Gasteiger partial charge in [0.05, 0.1) is 0 Å². The van der Waals surface area contributed by atoms with E-state index in [1.807, 2.05) is 30.1 Å². The van der Waals surface area contributed by atoms with Gasteiger partial charge in [0.1, 0.15) is 0 Å². The van der Waals surface area contributed by atoms with E-state index in [-0.39, 0.29) is 0 Å². The zero-order valence-corrected chi connectivity index (χ0v) is 7.20. The van der Waals surface area contributed by atoms with Gasteiger partial charge in [0.2, 0.25) is 0 Å². The molecule has 1 aromatic carbocycles. The lowest BCUT2D eigenvalue weighted by Crippen LogP contribution is -2.16. The van der Waals surface area contributed by atoms with Gasteiger partial charge in [-0.2, -0.15) is 0 Å². The highest BCUT2D eigenvalue weighted by atomic mass is 15.2. The molecule has 0 aliphatic carbocycles. The fourth-order valence-electron chi connectivity index (χ4n) is 1.07. The van der Waals surface area contributed by atoms with Crippen LogP contribution in [0.1, 0.15) is 5.56 Å². The Morgan fingerprint density at radius 3 is 2.58 bits per heavy atom. The number of hydrogen-bond donors (Lipinski definition) is 0. The minimum absolute atomic E-state index is 0.467. The molecule has 2 nitrogen and oxygen atoms in total. The van der Waals surface area contributed by atoms with Crippen LogP contribution in [0.5, 0.6) is 0 Å². The van der Waals surface area contributed by atoms with Crippen LogP contribution in [0.3, 0.4) is 0 Å². The first kappa shape index (κ1) is 8.76. The summed E-state index contributed by atoms with van der Waals surface area (Å²) >= 11 is 0. The van der Waals surface area contributed by atoms with Crippen molar-refractivity contribution < 1.29 is 0 Å². The predicted octanol–water partition coefficient (Wildman–Crippen LogP) is 2.00. The topological polar surface area (TPSA) is 7.60 Å². The molecule has 0 N–H and O–H groups in total. The van der Waals surface area contributed by atoms with E-state index in [1.165, 1.54) is 5.56 Å². The second-order valence-corrected chi connectivity index (χ2v) is 2.80. The molecular formula is C10H12N2. The first-order valence-electron chi connectivity index (χ1n) is 3.88. The molecule has 0 saturated carbocycles. The SMILES string of the molecule is [C-]#[N+]CN(C)Cc1ccccc1. The molecule has 2 heteroatoms. The Morgan fingerprint density at radius 2 is 2.00 bits per heavy atom. The maximum Gasteiger partial charge on any atom is 0.270 e. The van der Waals surface area contributed by atoms with Crippen molar-refractivity contribution in [3.63, 3.8) is 0 Å². The molecule has 1 rings (SSSR count). The molecule has 0 heterocycles. The molecule has 12 heavy (non-hydrogen) atoms. The van der Waals surface area contributed by atoms with Gasteiger partial charge in [-0.1, -0.05) is 30.3 Å². The van der Waals surface area contributed by atoms with E-state index in [9.17, 15) is 0 Å². The maximum absolute atomic E-state index is 6.68. The normalized spacial score (nSPS) is 9.75. The molecule has 0 spiro atoms. The molecule has 0 aliphatic rings. The molecule has 0 unspecified atom stereocenters. The van der Waals surface area contributed by atoms with Gasteiger partial charge >= 0.3 is 0 Å². The van der Waals surface area contributed by atoms with Gasteiger partial charge in [-0.3, -0.25) is 4.85 Å². The van der Waals surface area contributed by atoms with E-state index >= 15 is 0 Å². The average Bonchev–Trinajstić information content (AvgIpc) is 2.06. The summed E-state index contributed by atoms with van der Waals surface area (Å²) in [6.45, 7) is 8.00. The van der Waals surface area contributed by atoms with E-state index in [4.69, 9.17) is 6.57 Å². The van der Waals surface area contributed by atoms with Crippen molar-refractivity contribution in [2.24, 2.45) is 0 Å². The van der Waals surface area contributed by atoms with Crippen LogP contribution in [-0.4, -0.2) is 18.6 Å². The Bertz CT molecular complexity index is 261. The Balaban J connectivity index is 2.48. The summed E-state index contributed by atoms with van der Waals surface area (Å²) in [5.74, 6) is 0. The molecular weight excluding hydrogens is 148 g/mol. The molecule has 0 amide bonds. The number of rotatable bonds is 3. The molecule has 62 valence electrons. The first-order valence-corrected chi connectivity index (χ1v) is 3.88. The minimum Gasteiger partial charge on any atom is -0.299 e. The van der Waals surface area contributed by atoms with Crippen molar-refractivity contribution in [3.8, 4) is 0 Å². The van der Waals surface area contributed by atoms with Crippen LogP contribution in [-0.2, 0) is 6.54 Å². The van der Waals surface area contributed by atoms with E-state index in [1.54, 1.807) is 0 Å². The van der Waals surface area contributed by atoms with Gasteiger partial charge < -0.3 is 0 Å². The van der Waals surface area contributed by atoms with Crippen molar-refractivity contribution in [3.05, 3.63) is 47.3 Å². The second kappa shape index (κ2) is 4.53. The van der Waals surface area contributed by atoms with Gasteiger partial charge in [0.15, 0.2) is 0 Å². The summed E-state index contributed by atoms with van der Waals surface area (Å²) in [6, 6.07) is 10.2. The van der Waals surface area contributed by atoms with Gasteiger partial charge in [-0.05, 0) is 12.6 Å². The lowest BCUT2D eigenvalue weighted by atomic mass is 10.2. The minimum atomic E-state index is 0.467. The van der Waals surface area contributed by atoms with Crippen LogP contribution in [0.15, 0.2) is 30.3 Å². The summed E-state index contributed by atoms with van der Waals surface area (Å²) < 4.78 is 0. The van der Waals surface area contributed by atoms with Crippen molar-refractivity contribution >= 4 is 0 Å². The Kier molecular flexibility index (Phi) is 3.31. The monoisotopic (exact) mass is 160 g/mol. The summed E-state index contributed by atoms with van der Waals surface area (Å²) in [5, 5.41) is 0. The van der Waals surface area contributed by atoms with Crippen LogP contribution >= 0.6 is 0 Å². The van der Waals surface area contributed by atoms with Crippen LogP contribution in [0.4, 0.5) is 0 Å². The molecule has 0 aliphatic heterocycles. The molecule has 0 bridgehead atoms. The summed E-state index contributed by atoms with van der Waals surface area (Å²) in [5.41, 5.74) is 1.25. The van der Waals surface area contributed by atoms with Crippen molar-refractivity contribution in [2.45, 2.75) is 6.54 Å². The van der Waals surface area contributed by atoms with E-state index < -0.39 is 0 Å². The number of nitrogens with zero attached hydrogens (tertiary/aromatic N) is 2. The van der Waals surface area contributed by atoms with Crippen molar-refractivity contribution in [2.75, 3.05) is 13.7 Å². The van der Waals surface area contributed by atoms with Gasteiger partial charge in [-0.25, -0.2) is 11.5 Å². The smallest absolute Gasteiger partial charge is 0.270 e. The van der Waals surface area contributed by atoms with Crippen molar-refractivity contribution in [1.82, 2.24) is 4.90 Å². The fourth-order valence-corrected chi connectivity index (χ4v) is 1.07.